The standard InChI is InChI=1S/C10H11IS2/c11-9-5-2-1-4-8(9)10-12-6-3-7-13-10/h1-2,4-5,10H,3,6-7H2. The molecule has 1 aromatic carbocycles. The monoisotopic (exact) mass is 322 g/mol. The smallest absolute Gasteiger partial charge is 0.0761 e. The largest absolute Gasteiger partial charge is 0.143 e. The van der Waals surface area contributed by atoms with Crippen molar-refractivity contribution in [1.82, 2.24) is 0 Å². The highest BCUT2D eigenvalue weighted by molar-refractivity contribution is 14.1. The van der Waals surface area contributed by atoms with Gasteiger partial charge in [0.05, 0.1) is 4.58 Å². The number of thioether (sulfide) groups is 2. The van der Waals surface area contributed by atoms with Gasteiger partial charge in [-0.3, -0.25) is 0 Å². The summed E-state index contributed by atoms with van der Waals surface area (Å²) in [6.45, 7) is 0. The van der Waals surface area contributed by atoms with Crippen LogP contribution in [-0.4, -0.2) is 11.5 Å². The molecule has 0 aromatic heterocycles. The normalized spacial score (nSPS) is 18.8. The lowest BCUT2D eigenvalue weighted by molar-refractivity contribution is 1.10. The molecule has 0 unspecified atom stereocenters. The van der Waals surface area contributed by atoms with Crippen LogP contribution in [-0.2, 0) is 0 Å². The van der Waals surface area contributed by atoms with E-state index in [0.29, 0.717) is 4.58 Å². The van der Waals surface area contributed by atoms with Crippen molar-refractivity contribution in [1.29, 1.82) is 0 Å². The predicted molar refractivity (Wildman–Crippen MR) is 71.4 cm³/mol. The van der Waals surface area contributed by atoms with Gasteiger partial charge in [0, 0.05) is 3.57 Å². The van der Waals surface area contributed by atoms with Gasteiger partial charge in [0.1, 0.15) is 0 Å². The number of benzene rings is 1. The molecule has 0 bridgehead atoms. The maximum Gasteiger partial charge on any atom is 0.0761 e. The van der Waals surface area contributed by atoms with Gasteiger partial charge in [0.2, 0.25) is 0 Å². The highest BCUT2D eigenvalue weighted by atomic mass is 127. The van der Waals surface area contributed by atoms with Gasteiger partial charge in [-0.15, -0.1) is 23.5 Å². The minimum absolute atomic E-state index is 0.682. The van der Waals surface area contributed by atoms with Crippen LogP contribution in [0, 0.1) is 3.57 Å². The second-order valence-corrected chi connectivity index (χ2v) is 6.84. The highest BCUT2D eigenvalue weighted by Gasteiger charge is 2.17. The summed E-state index contributed by atoms with van der Waals surface area (Å²) in [4.78, 5) is 0. The van der Waals surface area contributed by atoms with Crippen molar-refractivity contribution >= 4 is 46.1 Å². The number of rotatable bonds is 1. The van der Waals surface area contributed by atoms with E-state index in [2.05, 4.69) is 70.4 Å². The first-order valence-electron chi connectivity index (χ1n) is 4.35. The zero-order valence-electron chi connectivity index (χ0n) is 7.20. The van der Waals surface area contributed by atoms with Gasteiger partial charge >= 0.3 is 0 Å². The van der Waals surface area contributed by atoms with Crippen LogP contribution in [0.5, 0.6) is 0 Å². The average Bonchev–Trinajstić information content (AvgIpc) is 2.20. The van der Waals surface area contributed by atoms with Gasteiger partial charge in [0.15, 0.2) is 0 Å². The Morgan fingerprint density at radius 3 is 2.54 bits per heavy atom. The SMILES string of the molecule is Ic1ccccc1C1SCCCS1. The van der Waals surface area contributed by atoms with E-state index < -0.39 is 0 Å². The van der Waals surface area contributed by atoms with Gasteiger partial charge in [-0.05, 0) is 52.1 Å². The van der Waals surface area contributed by atoms with Crippen molar-refractivity contribution in [2.24, 2.45) is 0 Å². The predicted octanol–water partition coefficient (Wildman–Crippen LogP) is 4.16. The molecule has 1 aliphatic rings. The molecule has 1 saturated heterocycles. The van der Waals surface area contributed by atoms with Crippen LogP contribution in [0.3, 0.4) is 0 Å². The van der Waals surface area contributed by atoms with Crippen molar-refractivity contribution in [3.05, 3.63) is 33.4 Å². The second kappa shape index (κ2) is 4.94. The van der Waals surface area contributed by atoms with Crippen molar-refractivity contribution in [3.63, 3.8) is 0 Å². The minimum Gasteiger partial charge on any atom is -0.143 e. The van der Waals surface area contributed by atoms with Gasteiger partial charge in [0.25, 0.3) is 0 Å². The van der Waals surface area contributed by atoms with Gasteiger partial charge in [-0.2, -0.15) is 0 Å². The lowest BCUT2D eigenvalue weighted by Gasteiger charge is -2.22. The molecular weight excluding hydrogens is 311 g/mol. The van der Waals surface area contributed by atoms with Crippen molar-refractivity contribution in [2.75, 3.05) is 11.5 Å². The Morgan fingerprint density at radius 2 is 1.85 bits per heavy atom. The molecule has 1 heterocycles. The topological polar surface area (TPSA) is 0 Å². The average molecular weight is 322 g/mol. The summed E-state index contributed by atoms with van der Waals surface area (Å²) in [5, 5.41) is 0. The van der Waals surface area contributed by atoms with Crippen LogP contribution in [0.4, 0.5) is 0 Å². The summed E-state index contributed by atoms with van der Waals surface area (Å²) in [6.07, 6.45) is 1.37. The maximum absolute atomic E-state index is 2.44. The van der Waals surface area contributed by atoms with E-state index in [1.54, 1.807) is 0 Å². The van der Waals surface area contributed by atoms with E-state index in [1.807, 2.05) is 0 Å². The zero-order chi connectivity index (χ0) is 9.10. The first-order valence-corrected chi connectivity index (χ1v) is 7.53. The van der Waals surface area contributed by atoms with Crippen molar-refractivity contribution in [3.8, 4) is 0 Å². The van der Waals surface area contributed by atoms with Gasteiger partial charge in [-0.25, -0.2) is 0 Å². The molecule has 1 aromatic rings. The lowest BCUT2D eigenvalue weighted by atomic mass is 10.2. The first-order chi connectivity index (χ1) is 6.38. The second-order valence-electron chi connectivity index (χ2n) is 2.95. The Morgan fingerprint density at radius 1 is 1.15 bits per heavy atom. The maximum atomic E-state index is 2.44. The Kier molecular flexibility index (Phi) is 3.86. The van der Waals surface area contributed by atoms with E-state index in [9.17, 15) is 0 Å². The van der Waals surface area contributed by atoms with Crippen LogP contribution in [0.15, 0.2) is 24.3 Å². The van der Waals surface area contributed by atoms with E-state index in [0.717, 1.165) is 0 Å². The fraction of sp³-hybridized carbons (Fsp3) is 0.400. The Labute approximate surface area is 101 Å². The molecular formula is C10H11IS2. The molecule has 1 aliphatic heterocycles. The molecule has 0 radical (unpaired) electrons. The summed E-state index contributed by atoms with van der Waals surface area (Å²) < 4.78 is 2.09. The van der Waals surface area contributed by atoms with Crippen molar-refractivity contribution in [2.45, 2.75) is 11.0 Å². The molecule has 70 valence electrons. The Balaban J connectivity index is 2.18. The van der Waals surface area contributed by atoms with Gasteiger partial charge < -0.3 is 0 Å². The fourth-order valence-corrected chi connectivity index (χ4v) is 5.42. The molecule has 0 spiro atoms. The number of hydrogen-bond donors (Lipinski definition) is 0. The summed E-state index contributed by atoms with van der Waals surface area (Å²) in [5.41, 5.74) is 1.51. The molecule has 13 heavy (non-hydrogen) atoms. The molecule has 2 rings (SSSR count). The molecule has 3 heteroatoms. The molecule has 0 aliphatic carbocycles. The van der Waals surface area contributed by atoms with E-state index in [-0.39, 0.29) is 0 Å². The van der Waals surface area contributed by atoms with E-state index in [4.69, 9.17) is 0 Å². The van der Waals surface area contributed by atoms with Gasteiger partial charge in [-0.1, -0.05) is 18.2 Å². The van der Waals surface area contributed by atoms with Crippen molar-refractivity contribution < 1.29 is 0 Å². The zero-order valence-corrected chi connectivity index (χ0v) is 11.0. The van der Waals surface area contributed by atoms with Crippen LogP contribution in [0.1, 0.15) is 16.6 Å². The summed E-state index contributed by atoms with van der Waals surface area (Å²) >= 11 is 6.61. The fourth-order valence-electron chi connectivity index (χ4n) is 1.33. The van der Waals surface area contributed by atoms with E-state index in [1.165, 1.54) is 27.1 Å². The number of halogens is 1. The quantitative estimate of drug-likeness (QED) is 0.712. The molecule has 0 amide bonds. The minimum atomic E-state index is 0.682. The molecule has 0 atom stereocenters. The van der Waals surface area contributed by atoms with E-state index >= 15 is 0 Å². The molecule has 0 N–H and O–H groups in total. The van der Waals surface area contributed by atoms with Crippen LogP contribution in [0.2, 0.25) is 0 Å². The van der Waals surface area contributed by atoms with Crippen LogP contribution < -0.4 is 0 Å². The third-order valence-electron chi connectivity index (χ3n) is 1.99. The first kappa shape index (κ1) is 10.2. The number of hydrogen-bond acceptors (Lipinski definition) is 2. The Hall–Kier alpha value is 0.650. The summed E-state index contributed by atoms with van der Waals surface area (Å²) in [6, 6.07) is 8.72. The third kappa shape index (κ3) is 2.57. The third-order valence-corrected chi connectivity index (χ3v) is 5.95. The molecule has 0 saturated carbocycles. The molecule has 0 nitrogen and oxygen atoms in total. The lowest BCUT2D eigenvalue weighted by Crippen LogP contribution is -2.01. The summed E-state index contributed by atoms with van der Waals surface area (Å²) in [7, 11) is 0. The van der Waals surface area contributed by atoms with Crippen LogP contribution >= 0.6 is 46.1 Å². The Bertz CT molecular complexity index is 282. The van der Waals surface area contributed by atoms with Crippen LogP contribution in [0.25, 0.3) is 0 Å². The molecule has 1 fully saturated rings. The summed E-state index contributed by atoms with van der Waals surface area (Å²) in [5.74, 6) is 2.64. The highest BCUT2D eigenvalue weighted by Crippen LogP contribution is 2.44.